The molecule has 0 radical (unpaired) electrons. The molecule has 0 saturated heterocycles. The van der Waals surface area contributed by atoms with E-state index >= 15 is 0 Å². The van der Waals surface area contributed by atoms with E-state index < -0.39 is 5.97 Å². The van der Waals surface area contributed by atoms with Crippen LogP contribution in [-0.4, -0.2) is 34.6 Å². The van der Waals surface area contributed by atoms with Crippen molar-refractivity contribution in [1.82, 2.24) is 14.8 Å². The summed E-state index contributed by atoms with van der Waals surface area (Å²) in [4.78, 5) is 27.0. The maximum Gasteiger partial charge on any atom is 0.325 e. The molecule has 32 heavy (non-hydrogen) atoms. The van der Waals surface area contributed by atoms with Gasteiger partial charge in [0.1, 0.15) is 6.54 Å². The summed E-state index contributed by atoms with van der Waals surface area (Å²) >= 11 is 0. The van der Waals surface area contributed by atoms with Crippen LogP contribution in [0, 0.1) is 0 Å². The minimum Gasteiger partial charge on any atom is -0.465 e. The van der Waals surface area contributed by atoms with Crippen molar-refractivity contribution in [2.75, 3.05) is 13.2 Å². The average molecular weight is 432 g/mol. The van der Waals surface area contributed by atoms with Crippen molar-refractivity contribution in [1.29, 1.82) is 0 Å². The van der Waals surface area contributed by atoms with Gasteiger partial charge in [0.25, 0.3) is 0 Å². The normalized spacial score (nSPS) is 15.0. The van der Waals surface area contributed by atoms with Crippen LogP contribution in [0.25, 0.3) is 5.69 Å². The van der Waals surface area contributed by atoms with Crippen molar-refractivity contribution in [2.24, 2.45) is 0 Å². The second kappa shape index (κ2) is 9.30. The van der Waals surface area contributed by atoms with E-state index in [0.29, 0.717) is 12.5 Å². The van der Waals surface area contributed by atoms with E-state index in [9.17, 15) is 9.59 Å². The number of urea groups is 1. The molecule has 0 fully saturated rings. The quantitative estimate of drug-likeness (QED) is 0.592. The summed E-state index contributed by atoms with van der Waals surface area (Å²) in [5.74, 6) is -0.0208. The van der Waals surface area contributed by atoms with E-state index in [4.69, 9.17) is 4.74 Å². The van der Waals surface area contributed by atoms with Crippen LogP contribution in [-0.2, 0) is 16.1 Å². The average Bonchev–Trinajstić information content (AvgIpc) is 3.22. The number of amides is 2. The van der Waals surface area contributed by atoms with Gasteiger partial charge in [0.15, 0.2) is 0 Å². The largest absolute Gasteiger partial charge is 0.465 e. The Morgan fingerprint density at radius 2 is 1.81 bits per heavy atom. The van der Waals surface area contributed by atoms with Gasteiger partial charge in [-0.1, -0.05) is 56.3 Å². The molecular weight excluding hydrogens is 402 g/mol. The lowest BCUT2D eigenvalue weighted by Gasteiger charge is -2.31. The fourth-order valence-corrected chi connectivity index (χ4v) is 4.21. The first-order chi connectivity index (χ1) is 15.5. The molecule has 1 unspecified atom stereocenters. The molecule has 1 aromatic heterocycles. The van der Waals surface area contributed by atoms with Crippen LogP contribution in [0.1, 0.15) is 55.1 Å². The molecule has 0 aliphatic carbocycles. The zero-order valence-corrected chi connectivity index (χ0v) is 18.7. The van der Waals surface area contributed by atoms with Crippen LogP contribution >= 0.6 is 0 Å². The summed E-state index contributed by atoms with van der Waals surface area (Å²) < 4.78 is 7.12. The number of hydrogen-bond donors (Lipinski definition) is 1. The third-order valence-corrected chi connectivity index (χ3v) is 5.83. The number of para-hydroxylation sites is 1. The Balaban J connectivity index is 1.76. The zero-order chi connectivity index (χ0) is 22.7. The van der Waals surface area contributed by atoms with Gasteiger partial charge in [-0.3, -0.25) is 4.79 Å². The Hall–Kier alpha value is -3.54. The van der Waals surface area contributed by atoms with E-state index in [1.165, 1.54) is 5.56 Å². The van der Waals surface area contributed by atoms with Gasteiger partial charge in [0.05, 0.1) is 24.9 Å². The van der Waals surface area contributed by atoms with Gasteiger partial charge in [-0.25, -0.2) is 4.79 Å². The highest BCUT2D eigenvalue weighted by Crippen LogP contribution is 2.36. The summed E-state index contributed by atoms with van der Waals surface area (Å²) in [5.41, 5.74) is 5.36. The zero-order valence-electron chi connectivity index (χ0n) is 18.7. The maximum absolute atomic E-state index is 13.4. The highest BCUT2D eigenvalue weighted by Gasteiger charge is 2.33. The monoisotopic (exact) mass is 431 g/mol. The lowest BCUT2D eigenvalue weighted by atomic mass is 9.97. The summed E-state index contributed by atoms with van der Waals surface area (Å²) in [6.07, 6.45) is 2.03. The number of carbonyl (C=O) groups is 2. The van der Waals surface area contributed by atoms with E-state index in [0.717, 1.165) is 22.5 Å². The fourth-order valence-electron chi connectivity index (χ4n) is 4.21. The van der Waals surface area contributed by atoms with Crippen LogP contribution < -0.4 is 5.32 Å². The summed E-state index contributed by atoms with van der Waals surface area (Å²) in [6, 6.07) is 20.0. The molecule has 1 aliphatic heterocycles. The van der Waals surface area contributed by atoms with Crippen molar-refractivity contribution in [3.63, 3.8) is 0 Å². The minimum absolute atomic E-state index is 0.162. The van der Waals surface area contributed by atoms with E-state index in [2.05, 4.69) is 60.1 Å². The first-order valence-corrected chi connectivity index (χ1v) is 11.0. The summed E-state index contributed by atoms with van der Waals surface area (Å²) in [5, 5.41) is 2.75. The molecular formula is C26H29N3O3. The molecule has 0 saturated carbocycles. The van der Waals surface area contributed by atoms with Crippen LogP contribution in [0.3, 0.4) is 0 Å². The van der Waals surface area contributed by atoms with Gasteiger partial charge in [-0.05, 0) is 47.7 Å². The number of nitrogens with one attached hydrogen (secondary N) is 1. The van der Waals surface area contributed by atoms with E-state index in [1.807, 2.05) is 30.5 Å². The third-order valence-electron chi connectivity index (χ3n) is 5.83. The Bertz CT molecular complexity index is 1100. The predicted molar refractivity (Wildman–Crippen MR) is 124 cm³/mol. The maximum atomic E-state index is 13.4. The number of hydrogen-bond acceptors (Lipinski definition) is 3. The molecule has 4 rings (SSSR count). The van der Waals surface area contributed by atoms with Crippen molar-refractivity contribution in [2.45, 2.75) is 39.3 Å². The number of esters is 1. The van der Waals surface area contributed by atoms with E-state index in [1.54, 1.807) is 11.8 Å². The summed E-state index contributed by atoms with van der Waals surface area (Å²) in [6.45, 7) is 6.61. The Morgan fingerprint density at radius 3 is 2.53 bits per heavy atom. The molecule has 6 heteroatoms. The van der Waals surface area contributed by atoms with Crippen LogP contribution in [0.15, 0.2) is 66.9 Å². The Kier molecular flexibility index (Phi) is 6.30. The Morgan fingerprint density at radius 1 is 1.06 bits per heavy atom. The minimum atomic E-state index is -0.447. The van der Waals surface area contributed by atoms with Crippen LogP contribution in [0.2, 0.25) is 0 Å². The number of rotatable bonds is 5. The molecule has 0 spiro atoms. The smallest absolute Gasteiger partial charge is 0.325 e. The highest BCUT2D eigenvalue weighted by atomic mass is 16.5. The van der Waals surface area contributed by atoms with E-state index in [-0.39, 0.29) is 25.2 Å². The van der Waals surface area contributed by atoms with Gasteiger partial charge < -0.3 is 19.5 Å². The summed E-state index contributed by atoms with van der Waals surface area (Å²) in [7, 11) is 0. The molecule has 6 nitrogen and oxygen atoms in total. The van der Waals surface area contributed by atoms with Crippen molar-refractivity contribution < 1.29 is 14.3 Å². The molecule has 2 amide bonds. The first-order valence-electron chi connectivity index (χ1n) is 11.0. The van der Waals surface area contributed by atoms with Gasteiger partial charge in [0.2, 0.25) is 0 Å². The number of carbonyl (C=O) groups excluding carboxylic acids is 2. The number of benzene rings is 2. The van der Waals surface area contributed by atoms with Gasteiger partial charge in [-0.15, -0.1) is 0 Å². The molecule has 1 aliphatic rings. The van der Waals surface area contributed by atoms with Crippen molar-refractivity contribution in [3.05, 3.63) is 89.2 Å². The molecule has 166 valence electrons. The third kappa shape index (κ3) is 4.26. The lowest BCUT2D eigenvalue weighted by molar-refractivity contribution is -0.141. The lowest BCUT2D eigenvalue weighted by Crippen LogP contribution is -2.44. The number of fused-ring (bicyclic) bond motifs is 3. The number of aromatic nitrogens is 1. The van der Waals surface area contributed by atoms with Gasteiger partial charge in [0, 0.05) is 11.9 Å². The molecule has 1 N–H and O–H groups in total. The Labute approximate surface area is 188 Å². The topological polar surface area (TPSA) is 63.6 Å². The number of ether oxygens (including phenoxy) is 1. The SMILES string of the molecule is CCOC(=O)CNC(=O)N1Cc2ccccc2-n2cccc2C1c1ccc(C(C)C)cc1. The first kappa shape index (κ1) is 21.7. The van der Waals surface area contributed by atoms with Crippen LogP contribution in [0.5, 0.6) is 0 Å². The number of nitrogens with zero attached hydrogens (tertiary/aromatic N) is 2. The van der Waals surface area contributed by atoms with Crippen LogP contribution in [0.4, 0.5) is 4.79 Å². The molecule has 0 bridgehead atoms. The molecule has 2 heterocycles. The second-order valence-electron chi connectivity index (χ2n) is 8.25. The van der Waals surface area contributed by atoms with Gasteiger partial charge >= 0.3 is 12.0 Å². The second-order valence-corrected chi connectivity index (χ2v) is 8.25. The predicted octanol–water partition coefficient (Wildman–Crippen LogP) is 4.78. The van der Waals surface area contributed by atoms with Crippen molar-refractivity contribution >= 4 is 12.0 Å². The standard InChI is InChI=1S/C26H29N3O3/c1-4-32-24(30)16-27-26(31)29-17-21-8-5-6-9-22(21)28-15-7-10-23(28)25(29)20-13-11-19(12-14-20)18(2)3/h5-15,18,25H,4,16-17H2,1-3H3,(H,27,31). The fraction of sp³-hybridized carbons (Fsp3) is 0.308. The molecule has 3 aromatic rings. The highest BCUT2D eigenvalue weighted by molar-refractivity contribution is 5.81. The molecule has 1 atom stereocenters. The van der Waals surface area contributed by atoms with Crippen molar-refractivity contribution in [3.8, 4) is 5.69 Å². The molecule has 2 aromatic carbocycles. The van der Waals surface area contributed by atoms with Gasteiger partial charge in [-0.2, -0.15) is 0 Å².